The van der Waals surface area contributed by atoms with Crippen molar-refractivity contribution < 1.29 is 9.90 Å². The molecule has 0 saturated carbocycles. The van der Waals surface area contributed by atoms with Gasteiger partial charge in [-0.05, 0) is 19.3 Å². The number of likely N-dealkylation sites (tertiary alicyclic amines) is 1. The first-order chi connectivity index (χ1) is 6.70. The van der Waals surface area contributed by atoms with E-state index >= 15 is 0 Å². The van der Waals surface area contributed by atoms with Crippen molar-refractivity contribution in [2.45, 2.75) is 44.7 Å². The molecule has 0 aromatic carbocycles. The highest BCUT2D eigenvalue weighted by Gasteiger charge is 2.30. The number of hydrogen-bond donors (Lipinski definition) is 2. The summed E-state index contributed by atoms with van der Waals surface area (Å²) in [7, 11) is 0. The summed E-state index contributed by atoms with van der Waals surface area (Å²) in [5.74, 6) is 0.00315. The maximum Gasteiger partial charge on any atom is 0.239 e. The molecule has 1 rings (SSSR count). The van der Waals surface area contributed by atoms with Gasteiger partial charge < -0.3 is 15.7 Å². The van der Waals surface area contributed by atoms with E-state index in [0.29, 0.717) is 0 Å². The number of carbonyl (C=O) groups excluding carboxylic acids is 1. The van der Waals surface area contributed by atoms with Gasteiger partial charge >= 0.3 is 0 Å². The molecule has 1 unspecified atom stereocenters. The van der Waals surface area contributed by atoms with E-state index in [4.69, 9.17) is 10.8 Å². The van der Waals surface area contributed by atoms with E-state index in [1.54, 1.807) is 4.90 Å². The lowest BCUT2D eigenvalue weighted by atomic mass is 10.1. The van der Waals surface area contributed by atoms with E-state index in [0.717, 1.165) is 32.2 Å². The topological polar surface area (TPSA) is 66.6 Å². The number of aliphatic hydroxyl groups is 1. The van der Waals surface area contributed by atoms with Crippen molar-refractivity contribution in [3.8, 4) is 0 Å². The Labute approximate surface area is 85.1 Å². The minimum Gasteiger partial charge on any atom is -0.394 e. The Balaban J connectivity index is 2.50. The number of aliphatic hydroxyl groups excluding tert-OH is 1. The Bertz CT molecular complexity index is 197. The molecule has 0 aromatic rings. The predicted molar refractivity (Wildman–Crippen MR) is 54.7 cm³/mol. The molecule has 1 amide bonds. The van der Waals surface area contributed by atoms with Crippen molar-refractivity contribution >= 4 is 5.91 Å². The highest BCUT2D eigenvalue weighted by atomic mass is 16.3. The molecule has 3 N–H and O–H groups in total. The molecule has 0 spiro atoms. The van der Waals surface area contributed by atoms with Gasteiger partial charge in [-0.1, -0.05) is 13.3 Å². The Kier molecular flexibility index (Phi) is 4.35. The lowest BCUT2D eigenvalue weighted by molar-refractivity contribution is -0.134. The van der Waals surface area contributed by atoms with Gasteiger partial charge in [-0.25, -0.2) is 0 Å². The molecule has 0 radical (unpaired) electrons. The molecule has 4 nitrogen and oxygen atoms in total. The number of amides is 1. The third-order valence-electron chi connectivity index (χ3n) is 2.79. The van der Waals surface area contributed by atoms with Crippen LogP contribution in [0.25, 0.3) is 0 Å². The van der Waals surface area contributed by atoms with Gasteiger partial charge in [0.2, 0.25) is 5.91 Å². The molecule has 0 aromatic heterocycles. The Morgan fingerprint density at radius 1 is 1.71 bits per heavy atom. The first-order valence-corrected chi connectivity index (χ1v) is 5.37. The van der Waals surface area contributed by atoms with Gasteiger partial charge in [-0.3, -0.25) is 4.79 Å². The highest BCUT2D eigenvalue weighted by molar-refractivity contribution is 5.82. The van der Waals surface area contributed by atoms with E-state index in [9.17, 15) is 4.79 Å². The second kappa shape index (κ2) is 5.32. The Hall–Kier alpha value is -0.610. The normalized spacial score (nSPS) is 23.9. The van der Waals surface area contributed by atoms with Crippen LogP contribution in [0, 0.1) is 0 Å². The minimum absolute atomic E-state index is 0.00315. The molecule has 1 fully saturated rings. The van der Waals surface area contributed by atoms with Crippen LogP contribution in [-0.4, -0.2) is 41.1 Å². The average molecular weight is 200 g/mol. The van der Waals surface area contributed by atoms with E-state index in [1.165, 1.54) is 0 Å². The number of rotatable bonds is 4. The van der Waals surface area contributed by atoms with Gasteiger partial charge in [0.05, 0.1) is 18.7 Å². The summed E-state index contributed by atoms with van der Waals surface area (Å²) in [5, 5.41) is 9.06. The van der Waals surface area contributed by atoms with Crippen molar-refractivity contribution in [2.75, 3.05) is 13.2 Å². The van der Waals surface area contributed by atoms with E-state index in [2.05, 4.69) is 0 Å². The molecule has 0 bridgehead atoms. The lowest BCUT2D eigenvalue weighted by Gasteiger charge is -2.25. The van der Waals surface area contributed by atoms with Crippen molar-refractivity contribution in [1.29, 1.82) is 0 Å². The largest absolute Gasteiger partial charge is 0.394 e. The van der Waals surface area contributed by atoms with Crippen molar-refractivity contribution in [1.82, 2.24) is 4.90 Å². The maximum absolute atomic E-state index is 11.8. The number of hydrogen-bond acceptors (Lipinski definition) is 3. The monoisotopic (exact) mass is 200 g/mol. The zero-order chi connectivity index (χ0) is 10.6. The molecule has 14 heavy (non-hydrogen) atoms. The molecular weight excluding hydrogens is 180 g/mol. The average Bonchev–Trinajstić information content (AvgIpc) is 2.64. The molecular formula is C10H20N2O2. The van der Waals surface area contributed by atoms with Crippen LogP contribution in [0.1, 0.15) is 32.6 Å². The zero-order valence-corrected chi connectivity index (χ0v) is 8.78. The quantitative estimate of drug-likeness (QED) is 0.676. The lowest BCUT2D eigenvalue weighted by Crippen LogP contribution is -2.46. The smallest absolute Gasteiger partial charge is 0.239 e. The van der Waals surface area contributed by atoms with Crippen molar-refractivity contribution in [3.05, 3.63) is 0 Å². The fourth-order valence-electron chi connectivity index (χ4n) is 1.96. The molecule has 1 heterocycles. The number of nitrogens with zero attached hydrogens (tertiary/aromatic N) is 1. The van der Waals surface area contributed by atoms with Crippen LogP contribution in [0.5, 0.6) is 0 Å². The summed E-state index contributed by atoms with van der Waals surface area (Å²) in [4.78, 5) is 13.5. The number of carbonyl (C=O) groups is 1. The standard InChI is InChI=1S/C10H20N2O2/c1-2-4-9(11)10(14)12-6-3-5-8(12)7-13/h8-9,13H,2-7,11H2,1H3/t8-,9?/m0/s1. The summed E-state index contributed by atoms with van der Waals surface area (Å²) in [6.07, 6.45) is 3.54. The van der Waals surface area contributed by atoms with Crippen LogP contribution in [0.3, 0.4) is 0 Å². The SMILES string of the molecule is CCCC(N)C(=O)N1CCC[C@H]1CO. The molecule has 2 atom stereocenters. The van der Waals surface area contributed by atoms with Gasteiger partial charge in [-0.15, -0.1) is 0 Å². The fourth-order valence-corrected chi connectivity index (χ4v) is 1.96. The van der Waals surface area contributed by atoms with E-state index < -0.39 is 0 Å². The van der Waals surface area contributed by atoms with Gasteiger partial charge in [-0.2, -0.15) is 0 Å². The molecule has 0 aliphatic carbocycles. The number of nitrogens with two attached hydrogens (primary N) is 1. The van der Waals surface area contributed by atoms with Crippen molar-refractivity contribution in [2.24, 2.45) is 5.73 Å². The van der Waals surface area contributed by atoms with Gasteiger partial charge in [0.15, 0.2) is 0 Å². The minimum atomic E-state index is -0.382. The first-order valence-electron chi connectivity index (χ1n) is 5.37. The first kappa shape index (κ1) is 11.5. The summed E-state index contributed by atoms with van der Waals surface area (Å²) in [6.45, 7) is 2.83. The van der Waals surface area contributed by atoms with Crippen LogP contribution >= 0.6 is 0 Å². The summed E-state index contributed by atoms with van der Waals surface area (Å²) < 4.78 is 0. The highest BCUT2D eigenvalue weighted by Crippen LogP contribution is 2.18. The van der Waals surface area contributed by atoms with E-state index in [1.807, 2.05) is 6.92 Å². The van der Waals surface area contributed by atoms with Gasteiger partial charge in [0.1, 0.15) is 0 Å². The van der Waals surface area contributed by atoms with E-state index in [-0.39, 0.29) is 24.6 Å². The third kappa shape index (κ3) is 2.45. The van der Waals surface area contributed by atoms with Crippen LogP contribution in [-0.2, 0) is 4.79 Å². The zero-order valence-electron chi connectivity index (χ0n) is 8.78. The van der Waals surface area contributed by atoms with Crippen molar-refractivity contribution in [3.63, 3.8) is 0 Å². The Morgan fingerprint density at radius 2 is 2.43 bits per heavy atom. The molecule has 4 heteroatoms. The Morgan fingerprint density at radius 3 is 3.00 bits per heavy atom. The van der Waals surface area contributed by atoms with Gasteiger partial charge in [0, 0.05) is 6.54 Å². The molecule has 82 valence electrons. The van der Waals surface area contributed by atoms with Crippen LogP contribution in [0.4, 0.5) is 0 Å². The second-order valence-corrected chi connectivity index (χ2v) is 3.91. The van der Waals surface area contributed by atoms with Crippen LogP contribution in [0.2, 0.25) is 0 Å². The fraction of sp³-hybridized carbons (Fsp3) is 0.900. The summed E-state index contributed by atoms with van der Waals surface area (Å²) >= 11 is 0. The summed E-state index contributed by atoms with van der Waals surface area (Å²) in [5.41, 5.74) is 5.75. The molecule has 1 aliphatic heterocycles. The predicted octanol–water partition coefficient (Wildman–Crippen LogP) is 0.0971. The molecule has 1 aliphatic rings. The van der Waals surface area contributed by atoms with Crippen LogP contribution < -0.4 is 5.73 Å². The third-order valence-corrected chi connectivity index (χ3v) is 2.79. The molecule has 1 saturated heterocycles. The van der Waals surface area contributed by atoms with Gasteiger partial charge in [0.25, 0.3) is 0 Å². The summed E-state index contributed by atoms with van der Waals surface area (Å²) in [6, 6.07) is -0.377. The second-order valence-electron chi connectivity index (χ2n) is 3.91. The maximum atomic E-state index is 11.8. The van der Waals surface area contributed by atoms with Crippen LogP contribution in [0.15, 0.2) is 0 Å².